The number of hydrogen-bond donors (Lipinski definition) is 3. The maximum absolute atomic E-state index is 14.0. The van der Waals surface area contributed by atoms with Crippen LogP contribution in [0.15, 0.2) is 60.8 Å². The molecule has 2 amide bonds. The molecular formula is C33H35ClF3N7O2. The Labute approximate surface area is 271 Å². The van der Waals surface area contributed by atoms with E-state index < -0.39 is 17.6 Å². The summed E-state index contributed by atoms with van der Waals surface area (Å²) in [6.07, 6.45) is -0.0682. The van der Waals surface area contributed by atoms with Crippen LogP contribution in [0.4, 0.5) is 30.4 Å². The lowest BCUT2D eigenvalue weighted by Gasteiger charge is -2.33. The second kappa shape index (κ2) is 15.2. The number of carbonyl (C=O) groups is 2. The third-order valence-electron chi connectivity index (χ3n) is 7.15. The van der Waals surface area contributed by atoms with E-state index in [0.29, 0.717) is 30.9 Å². The van der Waals surface area contributed by atoms with E-state index in [4.69, 9.17) is 17.3 Å². The molecular weight excluding hydrogens is 619 g/mol. The minimum absolute atomic E-state index is 0.0105. The van der Waals surface area contributed by atoms with E-state index in [9.17, 15) is 22.8 Å². The van der Waals surface area contributed by atoms with Crippen LogP contribution in [-0.4, -0.2) is 85.4 Å². The predicted molar refractivity (Wildman–Crippen MR) is 175 cm³/mol. The fourth-order valence-corrected chi connectivity index (χ4v) is 4.77. The number of aromatic nitrogens is 1. The van der Waals surface area contributed by atoms with Gasteiger partial charge < -0.3 is 26.2 Å². The quantitative estimate of drug-likeness (QED) is 0.237. The van der Waals surface area contributed by atoms with Crippen molar-refractivity contribution in [3.63, 3.8) is 0 Å². The molecule has 0 aliphatic carbocycles. The standard InChI is InChI=1S/C33H35ClF3N7O2/c1-42(2)12-4-5-30(45)40-27-18-23(31(38)39-20-27)7-6-22-17-24(9-11-29(22)34)32(46)41-26-10-8-25(28(19-26)33(35,36)37)21-44-15-13-43(3)14-16-44/h4-5,8-11,17-20H,12-16,21H2,1-3H3,(H2,38,39)(H,40,45)(H,41,46)/b5-4+. The molecule has 0 radical (unpaired) electrons. The van der Waals surface area contributed by atoms with E-state index in [1.165, 1.54) is 42.6 Å². The Bertz CT molecular complexity index is 1670. The molecule has 9 nitrogen and oxygen atoms in total. The summed E-state index contributed by atoms with van der Waals surface area (Å²) >= 11 is 6.33. The fraction of sp³-hybridized carbons (Fsp3) is 0.303. The smallest absolute Gasteiger partial charge is 0.383 e. The van der Waals surface area contributed by atoms with Gasteiger partial charge in [-0.2, -0.15) is 13.2 Å². The molecule has 46 heavy (non-hydrogen) atoms. The monoisotopic (exact) mass is 653 g/mol. The maximum Gasteiger partial charge on any atom is 0.416 e. The van der Waals surface area contributed by atoms with Crippen molar-refractivity contribution in [3.05, 3.63) is 93.7 Å². The molecule has 0 unspecified atom stereocenters. The number of anilines is 3. The van der Waals surface area contributed by atoms with Gasteiger partial charge in [-0.25, -0.2) is 4.98 Å². The zero-order chi connectivity index (χ0) is 33.4. The summed E-state index contributed by atoms with van der Waals surface area (Å²) in [5.74, 6) is 4.87. The number of rotatable bonds is 8. The molecule has 0 saturated carbocycles. The van der Waals surface area contributed by atoms with Crippen molar-refractivity contribution in [1.29, 1.82) is 0 Å². The van der Waals surface area contributed by atoms with Gasteiger partial charge in [-0.15, -0.1) is 0 Å². The van der Waals surface area contributed by atoms with Gasteiger partial charge in [0.15, 0.2) is 0 Å². The first-order valence-corrected chi connectivity index (χ1v) is 14.8. The first kappa shape index (κ1) is 34.5. The van der Waals surface area contributed by atoms with Crippen LogP contribution in [0.3, 0.4) is 0 Å². The van der Waals surface area contributed by atoms with Crippen LogP contribution in [0.5, 0.6) is 0 Å². The Balaban J connectivity index is 1.49. The predicted octanol–water partition coefficient (Wildman–Crippen LogP) is 4.79. The van der Waals surface area contributed by atoms with E-state index in [0.717, 1.165) is 19.2 Å². The summed E-state index contributed by atoms with van der Waals surface area (Å²) < 4.78 is 42.0. The summed E-state index contributed by atoms with van der Waals surface area (Å²) in [7, 11) is 5.74. The highest BCUT2D eigenvalue weighted by atomic mass is 35.5. The number of pyridine rings is 1. The van der Waals surface area contributed by atoms with E-state index in [1.807, 2.05) is 30.9 Å². The normalized spacial score (nSPS) is 14.3. The third kappa shape index (κ3) is 9.79. The Morgan fingerprint density at radius 3 is 2.43 bits per heavy atom. The molecule has 13 heteroatoms. The molecule has 242 valence electrons. The number of piperazine rings is 1. The molecule has 2 aromatic carbocycles. The van der Waals surface area contributed by atoms with Gasteiger partial charge in [-0.05, 0) is 63.1 Å². The van der Waals surface area contributed by atoms with Gasteiger partial charge in [-0.1, -0.05) is 35.6 Å². The van der Waals surface area contributed by atoms with Crippen molar-refractivity contribution in [2.24, 2.45) is 0 Å². The molecule has 0 bridgehead atoms. The first-order valence-electron chi connectivity index (χ1n) is 14.4. The van der Waals surface area contributed by atoms with E-state index in [-0.39, 0.29) is 45.7 Å². The number of hydrogen-bond acceptors (Lipinski definition) is 7. The SMILES string of the molecule is CN(C)C/C=C/C(=O)Nc1cnc(N)c(C#Cc2cc(C(=O)Nc3ccc(CN4CCN(C)CC4)c(C(F)(F)F)c3)ccc2Cl)c1. The Kier molecular flexibility index (Phi) is 11.4. The van der Waals surface area contributed by atoms with Gasteiger partial charge in [0.2, 0.25) is 5.91 Å². The number of nitrogens with two attached hydrogens (primary N) is 1. The van der Waals surface area contributed by atoms with Crippen molar-refractivity contribution < 1.29 is 22.8 Å². The number of nitrogen functional groups attached to an aromatic ring is 1. The average molecular weight is 654 g/mol. The molecule has 1 fully saturated rings. The minimum Gasteiger partial charge on any atom is -0.383 e. The molecule has 2 heterocycles. The maximum atomic E-state index is 14.0. The molecule has 0 atom stereocenters. The highest BCUT2D eigenvalue weighted by molar-refractivity contribution is 6.32. The zero-order valence-corrected chi connectivity index (χ0v) is 26.5. The highest BCUT2D eigenvalue weighted by Gasteiger charge is 2.34. The summed E-state index contributed by atoms with van der Waals surface area (Å²) in [6.45, 7) is 3.68. The number of amides is 2. The molecule has 1 saturated heterocycles. The molecule has 4 rings (SSSR count). The summed E-state index contributed by atoms with van der Waals surface area (Å²) in [6, 6.07) is 9.74. The Morgan fingerprint density at radius 1 is 1.02 bits per heavy atom. The molecule has 1 aliphatic heterocycles. The number of nitrogens with one attached hydrogen (secondary N) is 2. The first-order chi connectivity index (χ1) is 21.8. The number of alkyl halides is 3. The van der Waals surface area contributed by atoms with Gasteiger partial charge in [-0.3, -0.25) is 14.5 Å². The largest absolute Gasteiger partial charge is 0.416 e. The Morgan fingerprint density at radius 2 is 1.74 bits per heavy atom. The van der Waals surface area contributed by atoms with Gasteiger partial charge in [0.1, 0.15) is 5.82 Å². The lowest BCUT2D eigenvalue weighted by Crippen LogP contribution is -2.44. The van der Waals surface area contributed by atoms with Crippen molar-refractivity contribution in [2.75, 3.05) is 70.2 Å². The summed E-state index contributed by atoms with van der Waals surface area (Å²) in [5.41, 5.74) is 6.48. The Hall–Kier alpha value is -4.41. The van der Waals surface area contributed by atoms with Gasteiger partial charge >= 0.3 is 6.18 Å². The van der Waals surface area contributed by atoms with E-state index in [1.54, 1.807) is 12.1 Å². The topological polar surface area (TPSA) is 107 Å². The summed E-state index contributed by atoms with van der Waals surface area (Å²) in [5, 5.41) is 5.50. The fourth-order valence-electron chi connectivity index (χ4n) is 4.60. The lowest BCUT2D eigenvalue weighted by molar-refractivity contribution is -0.138. The van der Waals surface area contributed by atoms with Crippen LogP contribution in [0.25, 0.3) is 0 Å². The number of likely N-dealkylation sites (N-methyl/N-ethyl adjacent to an activating group) is 2. The van der Waals surface area contributed by atoms with Crippen molar-refractivity contribution in [2.45, 2.75) is 12.7 Å². The lowest BCUT2D eigenvalue weighted by atomic mass is 10.0. The molecule has 4 N–H and O–H groups in total. The van der Waals surface area contributed by atoms with Gasteiger partial charge in [0.05, 0.1) is 28.0 Å². The van der Waals surface area contributed by atoms with Crippen molar-refractivity contribution in [3.8, 4) is 11.8 Å². The number of carbonyl (C=O) groups excluding carboxylic acids is 2. The zero-order valence-electron chi connectivity index (χ0n) is 25.7. The van der Waals surface area contributed by atoms with Crippen LogP contribution < -0.4 is 16.4 Å². The van der Waals surface area contributed by atoms with Crippen molar-refractivity contribution in [1.82, 2.24) is 19.7 Å². The average Bonchev–Trinajstić information content (AvgIpc) is 2.99. The molecule has 1 aromatic heterocycles. The second-order valence-corrected chi connectivity index (χ2v) is 11.6. The highest BCUT2D eigenvalue weighted by Crippen LogP contribution is 2.35. The molecule has 3 aromatic rings. The van der Waals surface area contributed by atoms with Gasteiger partial charge in [0, 0.05) is 62.2 Å². The van der Waals surface area contributed by atoms with Crippen LogP contribution >= 0.6 is 11.6 Å². The summed E-state index contributed by atoms with van der Waals surface area (Å²) in [4.78, 5) is 35.4. The third-order valence-corrected chi connectivity index (χ3v) is 7.48. The number of halogens is 4. The van der Waals surface area contributed by atoms with Crippen molar-refractivity contribution >= 4 is 40.6 Å². The van der Waals surface area contributed by atoms with E-state index >= 15 is 0 Å². The van der Waals surface area contributed by atoms with Crippen LogP contribution in [0, 0.1) is 11.8 Å². The van der Waals surface area contributed by atoms with E-state index in [2.05, 4.69) is 32.4 Å². The minimum atomic E-state index is -4.59. The van der Waals surface area contributed by atoms with Crippen LogP contribution in [0.1, 0.15) is 32.6 Å². The van der Waals surface area contributed by atoms with Crippen LogP contribution in [0.2, 0.25) is 5.02 Å². The molecule has 1 aliphatic rings. The van der Waals surface area contributed by atoms with Gasteiger partial charge in [0.25, 0.3) is 5.91 Å². The second-order valence-electron chi connectivity index (χ2n) is 11.2. The number of nitrogens with zero attached hydrogens (tertiary/aromatic N) is 4. The number of benzene rings is 2. The van der Waals surface area contributed by atoms with Crippen LogP contribution in [-0.2, 0) is 17.5 Å². The molecule has 0 spiro atoms.